The van der Waals surface area contributed by atoms with Crippen LogP contribution in [0.2, 0.25) is 0 Å². The van der Waals surface area contributed by atoms with E-state index in [-0.39, 0.29) is 12.5 Å². The number of hydrogen-bond acceptors (Lipinski definition) is 4. The number of piperazine rings is 1. The lowest BCUT2D eigenvalue weighted by atomic mass is 10.1. The maximum atomic E-state index is 12.7. The summed E-state index contributed by atoms with van der Waals surface area (Å²) in [5.74, 6) is 0.0655. The molecule has 26 heavy (non-hydrogen) atoms. The van der Waals surface area contributed by atoms with E-state index >= 15 is 0 Å². The summed E-state index contributed by atoms with van der Waals surface area (Å²) in [7, 11) is 0. The van der Waals surface area contributed by atoms with Gasteiger partial charge in [0, 0.05) is 44.0 Å². The van der Waals surface area contributed by atoms with Crippen LogP contribution in [-0.2, 0) is 0 Å². The number of carbonyl (C=O) groups excluding carboxylic acids is 1. The number of imidazole rings is 1. The van der Waals surface area contributed by atoms with Crippen LogP contribution in [0.25, 0.3) is 16.7 Å². The molecule has 6 nitrogen and oxygen atoms in total. The summed E-state index contributed by atoms with van der Waals surface area (Å²) in [4.78, 5) is 21.2. The van der Waals surface area contributed by atoms with Gasteiger partial charge < -0.3 is 10.0 Å². The van der Waals surface area contributed by atoms with E-state index in [0.717, 1.165) is 29.8 Å². The standard InChI is InChI=1S/C20H22N4O2/c25-14-13-22-9-11-23(12-10-22)20(26)16-5-7-17(8-6-16)24-15-21-18-3-1-2-4-19(18)24/h1-8,15,25H,9-14H2. The summed E-state index contributed by atoms with van der Waals surface area (Å²) in [5, 5.41) is 9.01. The number of amides is 1. The number of β-amino-alcohol motifs (C(OH)–C–C–N with tert-alkyl or cyclic N) is 1. The van der Waals surface area contributed by atoms with E-state index in [0.29, 0.717) is 25.2 Å². The van der Waals surface area contributed by atoms with Gasteiger partial charge in [0.15, 0.2) is 0 Å². The third kappa shape index (κ3) is 3.21. The lowest BCUT2D eigenvalue weighted by Crippen LogP contribution is -2.49. The van der Waals surface area contributed by atoms with Crippen molar-refractivity contribution in [2.24, 2.45) is 0 Å². The second kappa shape index (κ2) is 7.27. The number of aromatic nitrogens is 2. The molecule has 1 N–H and O–H groups in total. The zero-order valence-corrected chi connectivity index (χ0v) is 14.6. The van der Waals surface area contributed by atoms with Gasteiger partial charge in [-0.2, -0.15) is 0 Å². The molecule has 1 saturated heterocycles. The fourth-order valence-corrected chi connectivity index (χ4v) is 3.43. The minimum Gasteiger partial charge on any atom is -0.395 e. The van der Waals surface area contributed by atoms with Gasteiger partial charge in [-0.15, -0.1) is 0 Å². The van der Waals surface area contributed by atoms with Crippen molar-refractivity contribution in [1.29, 1.82) is 0 Å². The van der Waals surface area contributed by atoms with Gasteiger partial charge in [-0.25, -0.2) is 4.98 Å². The Bertz CT molecular complexity index is 896. The van der Waals surface area contributed by atoms with E-state index in [9.17, 15) is 4.79 Å². The molecule has 134 valence electrons. The number of aliphatic hydroxyl groups excluding tert-OH is 1. The number of fused-ring (bicyclic) bond motifs is 1. The third-order valence-corrected chi connectivity index (χ3v) is 4.92. The van der Waals surface area contributed by atoms with Crippen LogP contribution >= 0.6 is 0 Å². The van der Waals surface area contributed by atoms with Crippen molar-refractivity contribution in [2.45, 2.75) is 0 Å². The lowest BCUT2D eigenvalue weighted by Gasteiger charge is -2.34. The van der Waals surface area contributed by atoms with Gasteiger partial charge in [-0.3, -0.25) is 14.3 Å². The number of carbonyl (C=O) groups is 1. The molecule has 2 aromatic carbocycles. The van der Waals surface area contributed by atoms with Gasteiger partial charge in [0.1, 0.15) is 6.33 Å². The second-order valence-electron chi connectivity index (χ2n) is 6.51. The summed E-state index contributed by atoms with van der Waals surface area (Å²) in [5.41, 5.74) is 3.69. The molecule has 1 aliphatic rings. The average Bonchev–Trinajstić information content (AvgIpc) is 3.13. The highest BCUT2D eigenvalue weighted by atomic mass is 16.3. The SMILES string of the molecule is O=C(c1ccc(-n2cnc3ccccc32)cc1)N1CCN(CCO)CC1. The molecule has 0 bridgehead atoms. The average molecular weight is 350 g/mol. The van der Waals surface area contributed by atoms with Crippen molar-refractivity contribution in [3.63, 3.8) is 0 Å². The Balaban J connectivity index is 1.49. The summed E-state index contributed by atoms with van der Waals surface area (Å²) in [6.45, 7) is 3.87. The van der Waals surface area contributed by atoms with Crippen molar-refractivity contribution < 1.29 is 9.90 Å². The van der Waals surface area contributed by atoms with Crippen molar-refractivity contribution in [3.8, 4) is 5.69 Å². The number of benzene rings is 2. The minimum atomic E-state index is 0.0655. The summed E-state index contributed by atoms with van der Waals surface area (Å²) >= 11 is 0. The van der Waals surface area contributed by atoms with Gasteiger partial charge in [0.2, 0.25) is 0 Å². The van der Waals surface area contributed by atoms with Crippen LogP contribution in [0.15, 0.2) is 54.9 Å². The molecule has 6 heteroatoms. The van der Waals surface area contributed by atoms with Crippen molar-refractivity contribution in [2.75, 3.05) is 39.3 Å². The molecule has 0 spiro atoms. The molecule has 0 atom stereocenters. The highest BCUT2D eigenvalue weighted by Crippen LogP contribution is 2.19. The molecule has 2 heterocycles. The topological polar surface area (TPSA) is 61.6 Å². The molecule has 4 rings (SSSR count). The Kier molecular flexibility index (Phi) is 4.69. The Morgan fingerprint density at radius 2 is 1.73 bits per heavy atom. The Morgan fingerprint density at radius 3 is 2.46 bits per heavy atom. The third-order valence-electron chi connectivity index (χ3n) is 4.92. The van der Waals surface area contributed by atoms with Gasteiger partial charge in [0.05, 0.1) is 17.6 Å². The first kappa shape index (κ1) is 16.8. The molecule has 0 unspecified atom stereocenters. The number of hydrogen-bond donors (Lipinski definition) is 1. The molecule has 3 aromatic rings. The first-order valence-corrected chi connectivity index (χ1v) is 8.91. The first-order chi connectivity index (χ1) is 12.8. The molecule has 0 radical (unpaired) electrons. The zero-order valence-electron chi connectivity index (χ0n) is 14.6. The van der Waals surface area contributed by atoms with E-state index in [1.165, 1.54) is 0 Å². The molecule has 1 aliphatic heterocycles. The highest BCUT2D eigenvalue weighted by molar-refractivity contribution is 5.94. The van der Waals surface area contributed by atoms with Gasteiger partial charge in [0.25, 0.3) is 5.91 Å². The maximum absolute atomic E-state index is 12.7. The van der Waals surface area contributed by atoms with E-state index in [1.807, 2.05) is 64.3 Å². The minimum absolute atomic E-state index is 0.0655. The van der Waals surface area contributed by atoms with Crippen LogP contribution in [0.4, 0.5) is 0 Å². The Labute approximate surface area is 152 Å². The normalized spacial score (nSPS) is 15.5. The quantitative estimate of drug-likeness (QED) is 0.779. The van der Waals surface area contributed by atoms with Crippen molar-refractivity contribution in [1.82, 2.24) is 19.4 Å². The molecule has 0 aliphatic carbocycles. The highest BCUT2D eigenvalue weighted by Gasteiger charge is 2.21. The van der Waals surface area contributed by atoms with Crippen molar-refractivity contribution in [3.05, 3.63) is 60.4 Å². The summed E-state index contributed by atoms with van der Waals surface area (Å²) in [6.07, 6.45) is 1.81. The van der Waals surface area contributed by atoms with Gasteiger partial charge >= 0.3 is 0 Å². The van der Waals surface area contributed by atoms with Crippen LogP contribution in [0.5, 0.6) is 0 Å². The second-order valence-corrected chi connectivity index (χ2v) is 6.51. The first-order valence-electron chi connectivity index (χ1n) is 8.91. The predicted molar refractivity (Wildman–Crippen MR) is 100 cm³/mol. The van der Waals surface area contributed by atoms with E-state index in [2.05, 4.69) is 9.88 Å². The van der Waals surface area contributed by atoms with Crippen LogP contribution in [0, 0.1) is 0 Å². The smallest absolute Gasteiger partial charge is 0.253 e. The Morgan fingerprint density at radius 1 is 1.00 bits per heavy atom. The van der Waals surface area contributed by atoms with Crippen LogP contribution < -0.4 is 0 Å². The van der Waals surface area contributed by atoms with Crippen LogP contribution in [0.3, 0.4) is 0 Å². The van der Waals surface area contributed by atoms with Crippen LogP contribution in [-0.4, -0.2) is 69.7 Å². The van der Waals surface area contributed by atoms with Gasteiger partial charge in [-0.1, -0.05) is 12.1 Å². The molecular formula is C20H22N4O2. The fourth-order valence-electron chi connectivity index (χ4n) is 3.43. The van der Waals surface area contributed by atoms with Gasteiger partial charge in [-0.05, 0) is 36.4 Å². The largest absolute Gasteiger partial charge is 0.395 e. The Hall–Kier alpha value is -2.70. The number of nitrogens with zero attached hydrogens (tertiary/aromatic N) is 4. The summed E-state index contributed by atoms with van der Waals surface area (Å²) < 4.78 is 2.03. The van der Waals surface area contributed by atoms with Crippen LogP contribution in [0.1, 0.15) is 10.4 Å². The van der Waals surface area contributed by atoms with E-state index in [1.54, 1.807) is 0 Å². The molecule has 1 fully saturated rings. The molecule has 0 saturated carbocycles. The monoisotopic (exact) mass is 350 g/mol. The number of rotatable bonds is 4. The molecular weight excluding hydrogens is 328 g/mol. The van der Waals surface area contributed by atoms with E-state index < -0.39 is 0 Å². The maximum Gasteiger partial charge on any atom is 0.253 e. The summed E-state index contributed by atoms with van der Waals surface area (Å²) in [6, 6.07) is 15.7. The fraction of sp³-hybridized carbons (Fsp3) is 0.300. The number of para-hydroxylation sites is 2. The predicted octanol–water partition coefficient (Wildman–Crippen LogP) is 1.78. The number of aliphatic hydroxyl groups is 1. The van der Waals surface area contributed by atoms with Crippen molar-refractivity contribution >= 4 is 16.9 Å². The zero-order chi connectivity index (χ0) is 17.9. The molecule has 1 aromatic heterocycles. The lowest BCUT2D eigenvalue weighted by molar-refractivity contribution is 0.0615. The van der Waals surface area contributed by atoms with E-state index in [4.69, 9.17) is 5.11 Å². The molecule has 1 amide bonds.